The highest BCUT2D eigenvalue weighted by Gasteiger charge is 2.53. The number of hydrogen-bond acceptors (Lipinski definition) is 6. The Morgan fingerprint density at radius 3 is 2.17 bits per heavy atom. The number of fused-ring (bicyclic) bond motifs is 1. The summed E-state index contributed by atoms with van der Waals surface area (Å²) in [5.74, 6) is -3.91. The average molecular weight is 557 g/mol. The molecule has 5 rings (SSSR count). The van der Waals surface area contributed by atoms with Crippen molar-refractivity contribution < 1.29 is 28.7 Å². The van der Waals surface area contributed by atoms with Crippen molar-refractivity contribution in [2.24, 2.45) is 17.8 Å². The van der Waals surface area contributed by atoms with Crippen molar-refractivity contribution in [1.29, 1.82) is 0 Å². The van der Waals surface area contributed by atoms with Gasteiger partial charge in [-0.1, -0.05) is 48.9 Å². The van der Waals surface area contributed by atoms with Crippen molar-refractivity contribution in [1.82, 2.24) is 10.0 Å². The van der Waals surface area contributed by atoms with Crippen LogP contribution in [0.4, 0.5) is 0 Å². The molecular weight excluding hydrogens is 532 g/mol. The highest BCUT2D eigenvalue weighted by molar-refractivity contribution is 6.30. The summed E-state index contributed by atoms with van der Waals surface area (Å²) in [6, 6.07) is 20.3. The van der Waals surface area contributed by atoms with E-state index in [-0.39, 0.29) is 22.8 Å². The molecule has 9 heteroatoms. The molecule has 1 aliphatic heterocycles. The molecule has 1 heterocycles. The second kappa shape index (κ2) is 11.3. The molecule has 2 aliphatic rings. The van der Waals surface area contributed by atoms with Gasteiger partial charge in [0.15, 0.2) is 5.78 Å². The molecule has 3 amide bonds. The number of allylic oxidation sites excluding steroid dienone is 2. The molecule has 202 valence electrons. The number of benzene rings is 3. The topological polar surface area (TPSA) is 101 Å². The summed E-state index contributed by atoms with van der Waals surface area (Å²) >= 11 is 5.98. The third-order valence-electron chi connectivity index (χ3n) is 7.11. The number of ketones is 1. The van der Waals surface area contributed by atoms with E-state index in [9.17, 15) is 24.0 Å². The summed E-state index contributed by atoms with van der Waals surface area (Å²) in [4.78, 5) is 66.2. The Bertz CT molecular complexity index is 1500. The molecule has 0 spiro atoms. The van der Waals surface area contributed by atoms with E-state index in [0.717, 1.165) is 10.0 Å². The smallest absolute Gasteiger partial charge is 0.343 e. The van der Waals surface area contributed by atoms with Crippen LogP contribution in [0.2, 0.25) is 5.02 Å². The molecular formula is C31H25ClN2O6. The zero-order chi connectivity index (χ0) is 28.4. The van der Waals surface area contributed by atoms with Gasteiger partial charge < -0.3 is 4.74 Å². The lowest BCUT2D eigenvalue weighted by Crippen LogP contribution is -2.52. The Balaban J connectivity index is 1.39. The molecule has 1 aliphatic carbocycles. The first kappa shape index (κ1) is 27.0. The lowest BCUT2D eigenvalue weighted by Gasteiger charge is -2.30. The molecule has 1 saturated heterocycles. The van der Waals surface area contributed by atoms with Crippen molar-refractivity contribution in [3.8, 4) is 5.75 Å². The maximum Gasteiger partial charge on any atom is 0.343 e. The van der Waals surface area contributed by atoms with Gasteiger partial charge in [-0.2, -0.15) is 5.01 Å². The summed E-state index contributed by atoms with van der Waals surface area (Å²) in [6.07, 6.45) is 4.14. The van der Waals surface area contributed by atoms with Crippen LogP contribution in [0.1, 0.15) is 44.4 Å². The summed E-state index contributed by atoms with van der Waals surface area (Å²) in [6.45, 7) is 1.30. The zero-order valence-corrected chi connectivity index (χ0v) is 22.3. The first-order valence-corrected chi connectivity index (χ1v) is 13.1. The number of carbonyl (C=O) groups is 5. The highest BCUT2D eigenvalue weighted by Crippen LogP contribution is 2.39. The number of Topliss-reactive ketones (excluding diaryl/α,β-unsaturated/α-hetero) is 1. The van der Waals surface area contributed by atoms with E-state index in [4.69, 9.17) is 16.3 Å². The van der Waals surface area contributed by atoms with E-state index in [1.165, 1.54) is 48.5 Å². The number of esters is 1. The van der Waals surface area contributed by atoms with Crippen LogP contribution in [0.3, 0.4) is 0 Å². The van der Waals surface area contributed by atoms with Crippen molar-refractivity contribution in [2.45, 2.75) is 13.3 Å². The zero-order valence-electron chi connectivity index (χ0n) is 21.5. The monoisotopic (exact) mass is 556 g/mol. The Labute approximate surface area is 235 Å². The third kappa shape index (κ3) is 5.31. The van der Waals surface area contributed by atoms with Gasteiger partial charge in [-0.05, 0) is 73.0 Å². The number of ether oxygens (including phenoxy) is 1. The number of hydrogen-bond donors (Lipinski definition) is 0. The van der Waals surface area contributed by atoms with Crippen molar-refractivity contribution in [3.05, 3.63) is 113 Å². The van der Waals surface area contributed by atoms with Gasteiger partial charge >= 0.3 is 5.97 Å². The number of rotatable bonds is 7. The van der Waals surface area contributed by atoms with E-state index < -0.39 is 47.9 Å². The largest absolute Gasteiger partial charge is 0.423 e. The molecule has 0 N–H and O–H groups in total. The Morgan fingerprint density at radius 1 is 0.875 bits per heavy atom. The lowest BCUT2D eigenvalue weighted by atomic mass is 9.78. The summed E-state index contributed by atoms with van der Waals surface area (Å²) < 4.78 is 5.37. The minimum atomic E-state index is -0.681. The number of nitrogens with zero attached hydrogens (tertiary/aromatic N) is 2. The predicted molar refractivity (Wildman–Crippen MR) is 146 cm³/mol. The molecule has 3 atom stereocenters. The second-order valence-corrected chi connectivity index (χ2v) is 10.2. The SMILES string of the molecule is C[C@@H]1C=CC[C@H]2C(=O)N(N(CC(=O)c3ccc(OC(=O)c4ccccc4)cc3)C(=O)c3ccc(Cl)cc3)C(=O)[C@H]12. The number of carbonyl (C=O) groups excluding carboxylic acids is 5. The molecule has 0 radical (unpaired) electrons. The lowest BCUT2D eigenvalue weighted by molar-refractivity contribution is -0.154. The van der Waals surface area contributed by atoms with Gasteiger partial charge in [-0.15, -0.1) is 0 Å². The quantitative estimate of drug-likeness (QED) is 0.133. The van der Waals surface area contributed by atoms with E-state index in [2.05, 4.69) is 0 Å². The van der Waals surface area contributed by atoms with E-state index >= 15 is 0 Å². The fourth-order valence-electron chi connectivity index (χ4n) is 5.02. The van der Waals surface area contributed by atoms with Crippen LogP contribution >= 0.6 is 11.6 Å². The fourth-order valence-corrected chi connectivity index (χ4v) is 5.15. The van der Waals surface area contributed by atoms with Gasteiger partial charge in [-0.3, -0.25) is 19.2 Å². The third-order valence-corrected chi connectivity index (χ3v) is 7.36. The summed E-state index contributed by atoms with van der Waals surface area (Å²) in [5.41, 5.74) is 0.756. The molecule has 40 heavy (non-hydrogen) atoms. The number of halogens is 1. The van der Waals surface area contributed by atoms with Crippen LogP contribution in [0.25, 0.3) is 0 Å². The fraction of sp³-hybridized carbons (Fsp3) is 0.194. The van der Waals surface area contributed by atoms with Gasteiger partial charge in [0.1, 0.15) is 12.3 Å². The molecule has 8 nitrogen and oxygen atoms in total. The van der Waals surface area contributed by atoms with Crippen molar-refractivity contribution in [2.75, 3.05) is 6.54 Å². The van der Waals surface area contributed by atoms with E-state index in [1.807, 2.05) is 19.1 Å². The van der Waals surface area contributed by atoms with Gasteiger partial charge in [-0.25, -0.2) is 9.80 Å². The molecule has 0 aromatic heterocycles. The Hall–Kier alpha value is -4.56. The second-order valence-electron chi connectivity index (χ2n) is 9.72. The van der Waals surface area contributed by atoms with Gasteiger partial charge in [0.05, 0.1) is 17.4 Å². The Morgan fingerprint density at radius 2 is 1.52 bits per heavy atom. The average Bonchev–Trinajstić information content (AvgIpc) is 3.22. The van der Waals surface area contributed by atoms with Crippen LogP contribution in [0.15, 0.2) is 91.0 Å². The van der Waals surface area contributed by atoms with Crippen molar-refractivity contribution in [3.63, 3.8) is 0 Å². The number of hydrazine groups is 1. The number of amides is 3. The molecule has 1 fully saturated rings. The highest BCUT2D eigenvalue weighted by atomic mass is 35.5. The molecule has 3 aromatic rings. The van der Waals surface area contributed by atoms with Crippen LogP contribution in [0.5, 0.6) is 5.75 Å². The van der Waals surface area contributed by atoms with E-state index in [1.54, 1.807) is 30.3 Å². The minimum Gasteiger partial charge on any atom is -0.423 e. The normalized spacial score (nSPS) is 19.8. The van der Waals surface area contributed by atoms with Gasteiger partial charge in [0.2, 0.25) is 0 Å². The molecule has 0 saturated carbocycles. The van der Waals surface area contributed by atoms with Crippen LogP contribution in [-0.2, 0) is 9.59 Å². The summed E-state index contributed by atoms with van der Waals surface area (Å²) in [5, 5.41) is 2.17. The van der Waals surface area contributed by atoms with Crippen LogP contribution < -0.4 is 4.74 Å². The molecule has 3 aromatic carbocycles. The first-order chi connectivity index (χ1) is 19.2. The standard InChI is InChI=1S/C31H25ClN2O6/c1-19-6-5-9-25-27(19)30(38)34(29(25)37)33(28(36)21-10-14-23(32)15-11-21)18-26(35)20-12-16-24(17-13-20)40-31(39)22-7-3-2-4-8-22/h2-8,10-17,19,25,27H,9,18H2,1H3/t19-,25-,27-/m1/s1. The van der Waals surface area contributed by atoms with E-state index in [0.29, 0.717) is 17.0 Å². The first-order valence-electron chi connectivity index (χ1n) is 12.8. The predicted octanol–water partition coefficient (Wildman–Crippen LogP) is 5.00. The van der Waals surface area contributed by atoms with Crippen LogP contribution in [0, 0.1) is 17.8 Å². The maximum absolute atomic E-state index is 13.6. The summed E-state index contributed by atoms with van der Waals surface area (Å²) in [7, 11) is 0. The van der Waals surface area contributed by atoms with Gasteiger partial charge in [0.25, 0.3) is 17.7 Å². The Kier molecular flexibility index (Phi) is 7.62. The number of imide groups is 1. The minimum absolute atomic E-state index is 0.169. The van der Waals surface area contributed by atoms with Crippen molar-refractivity contribution >= 4 is 41.1 Å². The molecule has 0 unspecified atom stereocenters. The maximum atomic E-state index is 13.6. The van der Waals surface area contributed by atoms with Crippen LogP contribution in [-0.4, -0.2) is 46.0 Å². The van der Waals surface area contributed by atoms with Gasteiger partial charge in [0, 0.05) is 16.1 Å². The molecule has 0 bridgehead atoms.